The summed E-state index contributed by atoms with van der Waals surface area (Å²) in [5, 5.41) is 20.4. The molecule has 3 aliphatic rings. The van der Waals surface area contributed by atoms with Gasteiger partial charge in [-0.05, 0) is 50.7 Å². The Bertz CT molecular complexity index is 699. The molecule has 1 spiro atoms. The lowest BCUT2D eigenvalue weighted by Crippen LogP contribution is -2.60. The molecule has 1 aromatic rings. The van der Waals surface area contributed by atoms with Crippen LogP contribution >= 0.6 is 0 Å². The quantitative estimate of drug-likeness (QED) is 0.815. The molecular formula is C21H30N2O4. The zero-order valence-corrected chi connectivity index (χ0v) is 16.1. The minimum absolute atomic E-state index is 0.140. The Labute approximate surface area is 160 Å². The van der Waals surface area contributed by atoms with Crippen LogP contribution in [0.5, 0.6) is 0 Å². The summed E-state index contributed by atoms with van der Waals surface area (Å²) in [6.07, 6.45) is 2.27. The number of nitrogens with zero attached hydrogens (tertiary/aromatic N) is 2. The van der Waals surface area contributed by atoms with E-state index in [4.69, 9.17) is 4.74 Å². The number of aryl methyl sites for hydroxylation is 2. The molecule has 2 atom stereocenters. The second kappa shape index (κ2) is 7.51. The van der Waals surface area contributed by atoms with Gasteiger partial charge in [0.1, 0.15) is 6.10 Å². The van der Waals surface area contributed by atoms with Crippen LogP contribution in [0.25, 0.3) is 0 Å². The van der Waals surface area contributed by atoms with E-state index in [1.165, 1.54) is 11.1 Å². The summed E-state index contributed by atoms with van der Waals surface area (Å²) >= 11 is 0. The van der Waals surface area contributed by atoms with Crippen LogP contribution in [-0.2, 0) is 16.0 Å². The molecule has 3 aliphatic heterocycles. The van der Waals surface area contributed by atoms with Crippen LogP contribution in [0.2, 0.25) is 0 Å². The van der Waals surface area contributed by atoms with Crippen molar-refractivity contribution in [3.05, 3.63) is 29.3 Å². The second-order valence-corrected chi connectivity index (χ2v) is 8.27. The lowest BCUT2D eigenvalue weighted by atomic mass is 9.80. The zero-order chi connectivity index (χ0) is 19.0. The molecule has 2 N–H and O–H groups in total. The minimum atomic E-state index is -0.832. The van der Waals surface area contributed by atoms with E-state index in [1.807, 2.05) is 4.90 Å². The first-order chi connectivity index (χ1) is 13.0. The van der Waals surface area contributed by atoms with Crippen LogP contribution in [0, 0.1) is 6.92 Å². The molecule has 1 aromatic carbocycles. The van der Waals surface area contributed by atoms with E-state index in [0.29, 0.717) is 45.5 Å². The highest BCUT2D eigenvalue weighted by Gasteiger charge is 2.47. The number of ether oxygens (including phenoxy) is 1. The third-order valence-corrected chi connectivity index (χ3v) is 6.42. The number of hydrogen-bond donors (Lipinski definition) is 2. The van der Waals surface area contributed by atoms with Gasteiger partial charge in [-0.2, -0.15) is 0 Å². The Morgan fingerprint density at radius 1 is 1.26 bits per heavy atom. The summed E-state index contributed by atoms with van der Waals surface area (Å²) in [6.45, 7) is 5.14. The smallest absolute Gasteiger partial charge is 0.241 e. The highest BCUT2D eigenvalue weighted by atomic mass is 16.5. The molecule has 27 heavy (non-hydrogen) atoms. The van der Waals surface area contributed by atoms with E-state index in [9.17, 15) is 15.0 Å². The molecule has 0 bridgehead atoms. The first kappa shape index (κ1) is 18.9. The van der Waals surface area contributed by atoms with Crippen molar-refractivity contribution in [3.63, 3.8) is 0 Å². The van der Waals surface area contributed by atoms with Crippen molar-refractivity contribution >= 4 is 11.6 Å². The van der Waals surface area contributed by atoms with Gasteiger partial charge in [-0.25, -0.2) is 0 Å². The number of aliphatic hydroxyl groups is 2. The molecule has 2 saturated heterocycles. The Morgan fingerprint density at radius 2 is 2.04 bits per heavy atom. The topological polar surface area (TPSA) is 73.2 Å². The third-order valence-electron chi connectivity index (χ3n) is 6.42. The standard InChI is InChI=1S/C21H30N2O4/c1-15-4-5-17-16(13-15)3-2-9-23(17)19(25)14-22-10-7-21(8-11-22)20(26)18(24)6-12-27-21/h4-5,13,18,20,24,26H,2-3,6-12,14H2,1H3/t18-,20-/m0/s1. The van der Waals surface area contributed by atoms with Gasteiger partial charge < -0.3 is 19.8 Å². The van der Waals surface area contributed by atoms with Crippen LogP contribution in [0.4, 0.5) is 5.69 Å². The van der Waals surface area contributed by atoms with Gasteiger partial charge >= 0.3 is 0 Å². The third kappa shape index (κ3) is 3.63. The predicted molar refractivity (Wildman–Crippen MR) is 103 cm³/mol. The second-order valence-electron chi connectivity index (χ2n) is 8.27. The number of amides is 1. The molecule has 3 heterocycles. The predicted octanol–water partition coefficient (Wildman–Crippen LogP) is 1.25. The first-order valence-electron chi connectivity index (χ1n) is 10.1. The fourth-order valence-electron chi connectivity index (χ4n) is 4.77. The summed E-state index contributed by atoms with van der Waals surface area (Å²) in [5.74, 6) is 0.140. The largest absolute Gasteiger partial charge is 0.390 e. The van der Waals surface area contributed by atoms with Gasteiger partial charge in [0.25, 0.3) is 0 Å². The lowest BCUT2D eigenvalue weighted by Gasteiger charge is -2.48. The van der Waals surface area contributed by atoms with Crippen LogP contribution in [0.3, 0.4) is 0 Å². The Balaban J connectivity index is 1.38. The molecule has 0 unspecified atom stereocenters. The van der Waals surface area contributed by atoms with Gasteiger partial charge in [-0.3, -0.25) is 9.69 Å². The average Bonchev–Trinajstić information content (AvgIpc) is 2.67. The molecule has 0 saturated carbocycles. The Morgan fingerprint density at radius 3 is 2.81 bits per heavy atom. The maximum atomic E-state index is 13.0. The van der Waals surface area contributed by atoms with Gasteiger partial charge in [0.15, 0.2) is 0 Å². The molecule has 2 fully saturated rings. The number of likely N-dealkylation sites (tertiary alicyclic amines) is 1. The number of piperidine rings is 1. The maximum absolute atomic E-state index is 13.0. The highest BCUT2D eigenvalue weighted by Crippen LogP contribution is 2.35. The number of anilines is 1. The molecule has 0 aliphatic carbocycles. The van der Waals surface area contributed by atoms with Crippen molar-refractivity contribution in [2.75, 3.05) is 37.7 Å². The summed E-state index contributed by atoms with van der Waals surface area (Å²) in [5.41, 5.74) is 2.91. The zero-order valence-electron chi connectivity index (χ0n) is 16.1. The maximum Gasteiger partial charge on any atom is 0.241 e. The molecule has 6 heteroatoms. The fourth-order valence-corrected chi connectivity index (χ4v) is 4.77. The number of carbonyl (C=O) groups is 1. The number of carbonyl (C=O) groups excluding carboxylic acids is 1. The van der Waals surface area contributed by atoms with Crippen LogP contribution in [0.1, 0.15) is 36.8 Å². The molecule has 0 aromatic heterocycles. The van der Waals surface area contributed by atoms with Gasteiger partial charge in [-0.1, -0.05) is 17.7 Å². The summed E-state index contributed by atoms with van der Waals surface area (Å²) < 4.78 is 5.88. The van der Waals surface area contributed by atoms with Crippen molar-refractivity contribution < 1.29 is 19.7 Å². The van der Waals surface area contributed by atoms with Crippen molar-refractivity contribution in [3.8, 4) is 0 Å². The monoisotopic (exact) mass is 374 g/mol. The van der Waals surface area contributed by atoms with E-state index in [2.05, 4.69) is 30.0 Å². The van der Waals surface area contributed by atoms with E-state index < -0.39 is 17.8 Å². The van der Waals surface area contributed by atoms with Crippen molar-refractivity contribution in [1.29, 1.82) is 0 Å². The molecular weight excluding hydrogens is 344 g/mol. The summed E-state index contributed by atoms with van der Waals surface area (Å²) in [7, 11) is 0. The average molecular weight is 374 g/mol. The minimum Gasteiger partial charge on any atom is -0.390 e. The molecule has 148 valence electrons. The number of aliphatic hydroxyl groups excluding tert-OH is 2. The van der Waals surface area contributed by atoms with Gasteiger partial charge in [-0.15, -0.1) is 0 Å². The van der Waals surface area contributed by atoms with Gasteiger partial charge in [0, 0.05) is 25.3 Å². The van der Waals surface area contributed by atoms with E-state index in [-0.39, 0.29) is 5.91 Å². The summed E-state index contributed by atoms with van der Waals surface area (Å²) in [6, 6.07) is 6.33. The summed E-state index contributed by atoms with van der Waals surface area (Å²) in [4.78, 5) is 17.0. The van der Waals surface area contributed by atoms with Crippen LogP contribution in [0.15, 0.2) is 18.2 Å². The number of fused-ring (bicyclic) bond motifs is 1. The molecule has 1 amide bonds. The van der Waals surface area contributed by atoms with Crippen LogP contribution < -0.4 is 4.90 Å². The Hall–Kier alpha value is -1.47. The normalized spacial score (nSPS) is 28.2. The van der Waals surface area contributed by atoms with Crippen LogP contribution in [-0.4, -0.2) is 71.6 Å². The SMILES string of the molecule is Cc1ccc2c(c1)CCCN2C(=O)CN1CCC2(CC1)OCC[C@H](O)[C@@H]2O. The van der Waals surface area contributed by atoms with Gasteiger partial charge in [0.2, 0.25) is 5.91 Å². The van der Waals surface area contributed by atoms with Gasteiger partial charge in [0.05, 0.1) is 24.9 Å². The van der Waals surface area contributed by atoms with Crippen molar-refractivity contribution in [2.24, 2.45) is 0 Å². The van der Waals surface area contributed by atoms with Crippen molar-refractivity contribution in [1.82, 2.24) is 4.90 Å². The molecule has 4 rings (SSSR count). The van der Waals surface area contributed by atoms with E-state index >= 15 is 0 Å². The number of hydrogen-bond acceptors (Lipinski definition) is 5. The molecule has 6 nitrogen and oxygen atoms in total. The number of benzene rings is 1. The number of rotatable bonds is 2. The molecule has 0 radical (unpaired) electrons. The highest BCUT2D eigenvalue weighted by molar-refractivity contribution is 5.96. The van der Waals surface area contributed by atoms with E-state index in [0.717, 1.165) is 25.1 Å². The first-order valence-corrected chi connectivity index (χ1v) is 10.1. The Kier molecular flexibility index (Phi) is 5.25. The van der Waals surface area contributed by atoms with E-state index in [1.54, 1.807) is 0 Å². The lowest BCUT2D eigenvalue weighted by molar-refractivity contribution is -0.214. The van der Waals surface area contributed by atoms with Crippen molar-refractivity contribution in [2.45, 2.75) is 56.8 Å². The fraction of sp³-hybridized carbons (Fsp3) is 0.667.